The zero-order valence-electron chi connectivity index (χ0n) is 14.3. The highest BCUT2D eigenvalue weighted by Crippen LogP contribution is 2.17. The van der Waals surface area contributed by atoms with E-state index in [1.807, 2.05) is 6.07 Å². The molecule has 6 heteroatoms. The van der Waals surface area contributed by atoms with Crippen LogP contribution in [-0.2, 0) is 0 Å². The molecule has 0 saturated heterocycles. The van der Waals surface area contributed by atoms with Crippen molar-refractivity contribution in [2.75, 3.05) is 5.32 Å². The SMILES string of the molecule is O=C(Nc1ccccc1C(=O)N/N=C/c1ccccc1O)c1ccccc1. The molecule has 0 spiro atoms. The Hall–Kier alpha value is -3.93. The number of anilines is 1. The zero-order valence-corrected chi connectivity index (χ0v) is 14.3. The minimum Gasteiger partial charge on any atom is -0.507 e. The van der Waals surface area contributed by atoms with Crippen LogP contribution in [0, 0.1) is 0 Å². The summed E-state index contributed by atoms with van der Waals surface area (Å²) < 4.78 is 0. The molecule has 2 amide bonds. The number of para-hydroxylation sites is 2. The van der Waals surface area contributed by atoms with Crippen LogP contribution in [0.5, 0.6) is 5.75 Å². The summed E-state index contributed by atoms with van der Waals surface area (Å²) in [5.74, 6) is -0.731. The highest BCUT2D eigenvalue weighted by Gasteiger charge is 2.13. The van der Waals surface area contributed by atoms with Gasteiger partial charge < -0.3 is 10.4 Å². The van der Waals surface area contributed by atoms with Crippen molar-refractivity contribution >= 4 is 23.7 Å². The van der Waals surface area contributed by atoms with Crippen molar-refractivity contribution in [1.29, 1.82) is 0 Å². The fraction of sp³-hybridized carbons (Fsp3) is 0. The Bertz CT molecular complexity index is 985. The normalized spacial score (nSPS) is 10.5. The minimum absolute atomic E-state index is 0.0611. The molecule has 0 radical (unpaired) electrons. The van der Waals surface area contributed by atoms with E-state index in [1.54, 1.807) is 66.7 Å². The highest BCUT2D eigenvalue weighted by molar-refractivity contribution is 6.09. The second kappa shape index (κ2) is 8.44. The van der Waals surface area contributed by atoms with E-state index in [1.165, 1.54) is 12.3 Å². The minimum atomic E-state index is -0.481. The van der Waals surface area contributed by atoms with Crippen LogP contribution in [-0.4, -0.2) is 23.1 Å². The number of phenolic OH excluding ortho intramolecular Hbond substituents is 1. The number of carbonyl (C=O) groups excluding carboxylic acids is 2. The third kappa shape index (κ3) is 4.58. The molecule has 0 fully saturated rings. The number of rotatable bonds is 5. The van der Waals surface area contributed by atoms with Gasteiger partial charge in [-0.1, -0.05) is 42.5 Å². The van der Waals surface area contributed by atoms with Crippen LogP contribution < -0.4 is 10.7 Å². The molecule has 3 N–H and O–H groups in total. The van der Waals surface area contributed by atoms with Gasteiger partial charge in [-0.25, -0.2) is 5.43 Å². The molecule has 0 unspecified atom stereocenters. The standard InChI is InChI=1S/C21H17N3O3/c25-19-13-7-4-10-16(19)14-22-24-21(27)17-11-5-6-12-18(17)23-20(26)15-8-2-1-3-9-15/h1-14,25H,(H,23,26)(H,24,27)/b22-14+. The summed E-state index contributed by atoms with van der Waals surface area (Å²) >= 11 is 0. The Morgan fingerprint density at radius 2 is 1.48 bits per heavy atom. The third-order valence-corrected chi connectivity index (χ3v) is 3.76. The van der Waals surface area contributed by atoms with Gasteiger partial charge in [0.2, 0.25) is 0 Å². The Labute approximate surface area is 156 Å². The molecule has 3 aromatic carbocycles. The van der Waals surface area contributed by atoms with Crippen molar-refractivity contribution in [2.24, 2.45) is 5.10 Å². The first-order valence-electron chi connectivity index (χ1n) is 8.22. The first kappa shape index (κ1) is 17.9. The molecular formula is C21H17N3O3. The van der Waals surface area contributed by atoms with Crippen molar-refractivity contribution in [3.8, 4) is 5.75 Å². The Morgan fingerprint density at radius 1 is 0.815 bits per heavy atom. The van der Waals surface area contributed by atoms with Crippen molar-refractivity contribution < 1.29 is 14.7 Å². The van der Waals surface area contributed by atoms with Gasteiger partial charge in [-0.15, -0.1) is 0 Å². The van der Waals surface area contributed by atoms with Gasteiger partial charge in [-0.05, 0) is 36.4 Å². The number of amides is 2. The largest absolute Gasteiger partial charge is 0.507 e. The van der Waals surface area contributed by atoms with Crippen LogP contribution in [0.15, 0.2) is 84.0 Å². The van der Waals surface area contributed by atoms with Crippen molar-refractivity contribution in [3.63, 3.8) is 0 Å². The summed E-state index contributed by atoms with van der Waals surface area (Å²) in [7, 11) is 0. The summed E-state index contributed by atoms with van der Waals surface area (Å²) in [6, 6.07) is 22.0. The van der Waals surface area contributed by atoms with E-state index < -0.39 is 5.91 Å². The number of hydrazone groups is 1. The highest BCUT2D eigenvalue weighted by atomic mass is 16.3. The average molecular weight is 359 g/mol. The van der Waals surface area contributed by atoms with E-state index in [0.717, 1.165) is 0 Å². The number of benzene rings is 3. The molecule has 0 aliphatic carbocycles. The van der Waals surface area contributed by atoms with E-state index in [9.17, 15) is 14.7 Å². The second-order valence-electron chi connectivity index (χ2n) is 5.62. The lowest BCUT2D eigenvalue weighted by atomic mass is 10.1. The molecule has 0 aliphatic rings. The summed E-state index contributed by atoms with van der Waals surface area (Å²) in [6.45, 7) is 0. The topological polar surface area (TPSA) is 90.8 Å². The van der Waals surface area contributed by atoms with Gasteiger partial charge in [-0.2, -0.15) is 5.10 Å². The molecule has 0 aromatic heterocycles. The lowest BCUT2D eigenvalue weighted by Crippen LogP contribution is -2.21. The Morgan fingerprint density at radius 3 is 2.26 bits per heavy atom. The van der Waals surface area contributed by atoms with Crippen LogP contribution in [0.4, 0.5) is 5.69 Å². The van der Waals surface area contributed by atoms with E-state index in [2.05, 4.69) is 15.8 Å². The van der Waals surface area contributed by atoms with E-state index in [-0.39, 0.29) is 17.2 Å². The van der Waals surface area contributed by atoms with E-state index >= 15 is 0 Å². The summed E-state index contributed by atoms with van der Waals surface area (Å²) in [5, 5.41) is 16.3. The van der Waals surface area contributed by atoms with Gasteiger partial charge in [0.05, 0.1) is 17.5 Å². The molecule has 27 heavy (non-hydrogen) atoms. The summed E-state index contributed by atoms with van der Waals surface area (Å²) in [4.78, 5) is 24.7. The average Bonchev–Trinajstić information content (AvgIpc) is 2.70. The van der Waals surface area contributed by atoms with Crippen LogP contribution in [0.25, 0.3) is 0 Å². The molecule has 6 nitrogen and oxygen atoms in total. The van der Waals surface area contributed by atoms with Crippen molar-refractivity contribution in [3.05, 3.63) is 95.6 Å². The number of hydrogen-bond acceptors (Lipinski definition) is 4. The van der Waals surface area contributed by atoms with Crippen molar-refractivity contribution in [1.82, 2.24) is 5.43 Å². The Balaban J connectivity index is 1.72. The smallest absolute Gasteiger partial charge is 0.273 e. The number of nitrogens with one attached hydrogen (secondary N) is 2. The second-order valence-corrected chi connectivity index (χ2v) is 5.62. The van der Waals surface area contributed by atoms with Crippen LogP contribution in [0.3, 0.4) is 0 Å². The molecule has 0 saturated carbocycles. The van der Waals surface area contributed by atoms with Gasteiger partial charge in [-0.3, -0.25) is 9.59 Å². The Kier molecular flexibility index (Phi) is 5.59. The zero-order chi connectivity index (χ0) is 19.1. The number of phenols is 1. The molecule has 0 heterocycles. The van der Waals surface area contributed by atoms with E-state index in [0.29, 0.717) is 16.8 Å². The quantitative estimate of drug-likeness (QED) is 0.482. The fourth-order valence-corrected chi connectivity index (χ4v) is 2.39. The lowest BCUT2D eigenvalue weighted by molar-refractivity contribution is 0.0956. The first-order valence-corrected chi connectivity index (χ1v) is 8.22. The predicted octanol–water partition coefficient (Wildman–Crippen LogP) is 3.41. The summed E-state index contributed by atoms with van der Waals surface area (Å²) in [5.41, 5.74) is 4.01. The molecule has 0 aliphatic heterocycles. The predicted molar refractivity (Wildman–Crippen MR) is 104 cm³/mol. The fourth-order valence-electron chi connectivity index (χ4n) is 2.39. The van der Waals surface area contributed by atoms with Gasteiger partial charge >= 0.3 is 0 Å². The first-order chi connectivity index (χ1) is 13.1. The maximum atomic E-state index is 12.4. The molecule has 3 aromatic rings. The molecule has 0 atom stereocenters. The van der Waals surface area contributed by atoms with Crippen LogP contribution in [0.2, 0.25) is 0 Å². The van der Waals surface area contributed by atoms with Crippen LogP contribution >= 0.6 is 0 Å². The monoisotopic (exact) mass is 359 g/mol. The number of aromatic hydroxyl groups is 1. The molecule has 0 bridgehead atoms. The van der Waals surface area contributed by atoms with Gasteiger partial charge in [0.25, 0.3) is 11.8 Å². The van der Waals surface area contributed by atoms with E-state index in [4.69, 9.17) is 0 Å². The lowest BCUT2D eigenvalue weighted by Gasteiger charge is -2.10. The molecular weight excluding hydrogens is 342 g/mol. The number of hydrogen-bond donors (Lipinski definition) is 3. The molecule has 134 valence electrons. The maximum Gasteiger partial charge on any atom is 0.273 e. The summed E-state index contributed by atoms with van der Waals surface area (Å²) in [6.07, 6.45) is 1.35. The number of carbonyl (C=O) groups is 2. The third-order valence-electron chi connectivity index (χ3n) is 3.76. The number of nitrogens with zero attached hydrogens (tertiary/aromatic N) is 1. The van der Waals surface area contributed by atoms with Gasteiger partial charge in [0.1, 0.15) is 5.75 Å². The van der Waals surface area contributed by atoms with Gasteiger partial charge in [0, 0.05) is 11.1 Å². The maximum absolute atomic E-state index is 12.4. The van der Waals surface area contributed by atoms with Crippen molar-refractivity contribution in [2.45, 2.75) is 0 Å². The van der Waals surface area contributed by atoms with Gasteiger partial charge in [0.15, 0.2) is 0 Å². The molecule has 3 rings (SSSR count). The van der Waals surface area contributed by atoms with Crippen LogP contribution in [0.1, 0.15) is 26.3 Å².